The van der Waals surface area contributed by atoms with Gasteiger partial charge in [-0.05, 0) is 25.0 Å². The van der Waals surface area contributed by atoms with Gasteiger partial charge in [-0.15, -0.1) is 0 Å². The van der Waals surface area contributed by atoms with Crippen molar-refractivity contribution < 1.29 is 10.0 Å². The second-order valence-corrected chi connectivity index (χ2v) is 5.35. The molecule has 0 aromatic carbocycles. The van der Waals surface area contributed by atoms with Crippen LogP contribution in [-0.4, -0.2) is 26.5 Å². The number of hydroxylamine groups is 1. The first-order valence-electron chi connectivity index (χ1n) is 6.32. The maximum absolute atomic E-state index is 11.4. The van der Waals surface area contributed by atoms with Crippen LogP contribution in [0.1, 0.15) is 32.4 Å². The first kappa shape index (κ1) is 14.6. The van der Waals surface area contributed by atoms with Gasteiger partial charge in [0, 0.05) is 6.20 Å². The van der Waals surface area contributed by atoms with Crippen molar-refractivity contribution >= 4 is 29.0 Å². The van der Waals surface area contributed by atoms with Gasteiger partial charge in [-0.2, -0.15) is 0 Å². The number of carbonyl (C=O) groups excluding carboxylic acids is 1. The molecule has 6 nitrogen and oxygen atoms in total. The van der Waals surface area contributed by atoms with Gasteiger partial charge in [0.2, 0.25) is 0 Å². The van der Waals surface area contributed by atoms with E-state index in [-0.39, 0.29) is 5.92 Å². The molecule has 1 unspecified atom stereocenters. The van der Waals surface area contributed by atoms with Gasteiger partial charge in [0.25, 0.3) is 5.91 Å². The topological polar surface area (TPSA) is 78.7 Å². The fourth-order valence-corrected chi connectivity index (χ4v) is 2.22. The second kappa shape index (κ2) is 5.68. The van der Waals surface area contributed by atoms with Crippen molar-refractivity contribution in [2.45, 2.75) is 32.7 Å². The van der Waals surface area contributed by atoms with E-state index in [0.717, 1.165) is 11.3 Å². The SMILES string of the molecule is CC(Nc1nc2ccc(Cl)cn2c1C(C)C)C(=O)NO. The largest absolute Gasteiger partial charge is 0.357 e. The van der Waals surface area contributed by atoms with Crippen LogP contribution in [0.3, 0.4) is 0 Å². The number of imidazole rings is 1. The van der Waals surface area contributed by atoms with E-state index in [9.17, 15) is 4.79 Å². The quantitative estimate of drug-likeness (QED) is 0.598. The molecule has 0 aliphatic rings. The van der Waals surface area contributed by atoms with Crippen LogP contribution in [0.5, 0.6) is 0 Å². The number of amides is 1. The number of nitrogens with zero attached hydrogens (tertiary/aromatic N) is 2. The van der Waals surface area contributed by atoms with Gasteiger partial charge in [-0.1, -0.05) is 25.4 Å². The van der Waals surface area contributed by atoms with Gasteiger partial charge in [-0.25, -0.2) is 10.5 Å². The fourth-order valence-electron chi connectivity index (χ4n) is 2.06. The smallest absolute Gasteiger partial charge is 0.265 e. The monoisotopic (exact) mass is 296 g/mol. The summed E-state index contributed by atoms with van der Waals surface area (Å²) in [5, 5.41) is 12.3. The minimum absolute atomic E-state index is 0.190. The lowest BCUT2D eigenvalue weighted by molar-refractivity contribution is -0.129. The molecule has 20 heavy (non-hydrogen) atoms. The van der Waals surface area contributed by atoms with E-state index < -0.39 is 11.9 Å². The van der Waals surface area contributed by atoms with Gasteiger partial charge in [0.15, 0.2) is 0 Å². The molecule has 0 bridgehead atoms. The molecule has 2 heterocycles. The van der Waals surface area contributed by atoms with Crippen molar-refractivity contribution in [2.75, 3.05) is 5.32 Å². The Balaban J connectivity index is 2.47. The summed E-state index contributed by atoms with van der Waals surface area (Å²) in [7, 11) is 0. The number of fused-ring (bicyclic) bond motifs is 1. The molecule has 1 amide bonds. The van der Waals surface area contributed by atoms with E-state index >= 15 is 0 Å². The number of rotatable bonds is 4. The number of halogens is 1. The molecule has 0 radical (unpaired) electrons. The maximum Gasteiger partial charge on any atom is 0.265 e. The highest BCUT2D eigenvalue weighted by Gasteiger charge is 2.19. The minimum Gasteiger partial charge on any atom is -0.357 e. The molecule has 108 valence electrons. The summed E-state index contributed by atoms with van der Waals surface area (Å²) in [5.41, 5.74) is 3.30. The number of aromatic nitrogens is 2. The molecule has 2 aromatic heterocycles. The predicted octanol–water partition coefficient (Wildman–Crippen LogP) is 2.42. The van der Waals surface area contributed by atoms with Crippen molar-refractivity contribution in [3.8, 4) is 0 Å². The molecule has 3 N–H and O–H groups in total. The average molecular weight is 297 g/mol. The Kier molecular flexibility index (Phi) is 4.15. The zero-order chi connectivity index (χ0) is 14.9. The van der Waals surface area contributed by atoms with Crippen LogP contribution in [-0.2, 0) is 4.79 Å². The van der Waals surface area contributed by atoms with Gasteiger partial charge in [-0.3, -0.25) is 10.0 Å². The van der Waals surface area contributed by atoms with E-state index in [4.69, 9.17) is 16.8 Å². The molecule has 2 aromatic rings. The third kappa shape index (κ3) is 2.71. The van der Waals surface area contributed by atoms with Crippen LogP contribution >= 0.6 is 11.6 Å². The molecular formula is C13H17ClN4O2. The van der Waals surface area contributed by atoms with E-state index in [1.54, 1.807) is 24.7 Å². The molecule has 0 spiro atoms. The number of carbonyl (C=O) groups is 1. The van der Waals surface area contributed by atoms with Crippen molar-refractivity contribution in [3.63, 3.8) is 0 Å². The third-order valence-corrected chi connectivity index (χ3v) is 3.25. The Hall–Kier alpha value is -1.79. The van der Waals surface area contributed by atoms with Crippen LogP contribution in [0.25, 0.3) is 5.65 Å². The van der Waals surface area contributed by atoms with Gasteiger partial charge in [0.05, 0.1) is 10.7 Å². The normalized spacial score (nSPS) is 12.7. The Morgan fingerprint density at radius 1 is 1.40 bits per heavy atom. The van der Waals surface area contributed by atoms with E-state index in [1.807, 2.05) is 24.3 Å². The van der Waals surface area contributed by atoms with Gasteiger partial charge >= 0.3 is 0 Å². The van der Waals surface area contributed by atoms with E-state index in [0.29, 0.717) is 10.8 Å². The zero-order valence-electron chi connectivity index (χ0n) is 11.5. The van der Waals surface area contributed by atoms with Crippen molar-refractivity contribution in [1.29, 1.82) is 0 Å². The van der Waals surface area contributed by atoms with Crippen LogP contribution in [0.4, 0.5) is 5.82 Å². The lowest BCUT2D eigenvalue weighted by Crippen LogP contribution is -2.36. The van der Waals surface area contributed by atoms with Crippen molar-refractivity contribution in [3.05, 3.63) is 29.0 Å². The molecule has 1 atom stereocenters. The Morgan fingerprint density at radius 3 is 2.70 bits per heavy atom. The Bertz CT molecular complexity index is 639. The van der Waals surface area contributed by atoms with Crippen molar-refractivity contribution in [2.24, 2.45) is 0 Å². The Morgan fingerprint density at radius 2 is 2.10 bits per heavy atom. The summed E-state index contributed by atoms with van der Waals surface area (Å²) < 4.78 is 1.90. The number of pyridine rings is 1. The summed E-state index contributed by atoms with van der Waals surface area (Å²) >= 11 is 6.02. The van der Waals surface area contributed by atoms with Crippen molar-refractivity contribution in [1.82, 2.24) is 14.9 Å². The highest BCUT2D eigenvalue weighted by atomic mass is 35.5. The zero-order valence-corrected chi connectivity index (χ0v) is 12.3. The number of hydrogen-bond donors (Lipinski definition) is 3. The highest BCUT2D eigenvalue weighted by Crippen LogP contribution is 2.27. The van der Waals surface area contributed by atoms with Crippen LogP contribution in [0.2, 0.25) is 5.02 Å². The summed E-state index contributed by atoms with van der Waals surface area (Å²) in [5.74, 6) is 0.281. The molecule has 0 fully saturated rings. The molecule has 7 heteroatoms. The Labute approximate surface area is 121 Å². The lowest BCUT2D eigenvalue weighted by atomic mass is 10.1. The van der Waals surface area contributed by atoms with E-state index in [1.165, 1.54) is 0 Å². The number of hydrogen-bond acceptors (Lipinski definition) is 4. The predicted molar refractivity (Wildman–Crippen MR) is 77.3 cm³/mol. The number of anilines is 1. The maximum atomic E-state index is 11.4. The molecular weight excluding hydrogens is 280 g/mol. The fraction of sp³-hybridized carbons (Fsp3) is 0.385. The summed E-state index contributed by atoms with van der Waals surface area (Å²) in [6.45, 7) is 5.71. The van der Waals surface area contributed by atoms with Crippen LogP contribution < -0.4 is 10.8 Å². The third-order valence-electron chi connectivity index (χ3n) is 3.02. The van der Waals surface area contributed by atoms with Crippen LogP contribution in [0, 0.1) is 0 Å². The second-order valence-electron chi connectivity index (χ2n) is 4.92. The van der Waals surface area contributed by atoms with Gasteiger partial charge in [0.1, 0.15) is 17.5 Å². The van der Waals surface area contributed by atoms with Gasteiger partial charge < -0.3 is 9.72 Å². The first-order chi connectivity index (χ1) is 9.43. The van der Waals surface area contributed by atoms with E-state index in [2.05, 4.69) is 10.3 Å². The molecule has 0 saturated carbocycles. The highest BCUT2D eigenvalue weighted by molar-refractivity contribution is 6.30. The lowest BCUT2D eigenvalue weighted by Gasteiger charge is -2.14. The molecule has 0 aliphatic carbocycles. The number of nitrogens with one attached hydrogen (secondary N) is 2. The minimum atomic E-state index is -0.599. The molecule has 0 saturated heterocycles. The average Bonchev–Trinajstić information content (AvgIpc) is 2.74. The summed E-state index contributed by atoms with van der Waals surface area (Å²) in [6.07, 6.45) is 1.79. The van der Waals surface area contributed by atoms with Crippen LogP contribution in [0.15, 0.2) is 18.3 Å². The summed E-state index contributed by atoms with van der Waals surface area (Å²) in [6, 6.07) is 2.98. The summed E-state index contributed by atoms with van der Waals surface area (Å²) in [4.78, 5) is 15.9. The first-order valence-corrected chi connectivity index (χ1v) is 6.69. The molecule has 0 aliphatic heterocycles. The molecule has 2 rings (SSSR count). The standard InChI is InChI=1S/C13H17ClN4O2/c1-7(2)11-12(15-8(3)13(19)17-20)16-10-5-4-9(14)6-18(10)11/h4-8,15,20H,1-3H3,(H,17,19).